The molecule has 0 radical (unpaired) electrons. The Balaban J connectivity index is 1.60. The molecule has 3 N–H and O–H groups in total. The third kappa shape index (κ3) is 3.24. The van der Waals surface area contributed by atoms with Crippen molar-refractivity contribution >= 4 is 16.5 Å². The number of nitrogen functional groups attached to an aromatic ring is 1. The van der Waals surface area contributed by atoms with E-state index in [-0.39, 0.29) is 5.56 Å². The maximum Gasteiger partial charge on any atom is 0.256 e. The van der Waals surface area contributed by atoms with Crippen molar-refractivity contribution in [2.75, 3.05) is 5.73 Å². The van der Waals surface area contributed by atoms with E-state index in [4.69, 9.17) is 5.73 Å². The fraction of sp³-hybridized carbons (Fsp3) is 0.0870. The minimum Gasteiger partial charge on any atom is -0.398 e. The number of H-pyrrole nitrogens is 1. The Morgan fingerprint density at radius 2 is 1.42 bits per heavy atom. The molecule has 3 nitrogen and oxygen atoms in total. The van der Waals surface area contributed by atoms with Crippen LogP contribution in [0.5, 0.6) is 0 Å². The molecule has 1 aromatic heterocycles. The minimum atomic E-state index is -0.113. The highest BCUT2D eigenvalue weighted by Crippen LogP contribution is 2.24. The Kier molecular flexibility index (Phi) is 4.28. The first-order valence-electron chi connectivity index (χ1n) is 8.75. The van der Waals surface area contributed by atoms with Crippen LogP contribution in [-0.2, 0) is 12.8 Å². The number of fused-ring (bicyclic) bond motifs is 1. The van der Waals surface area contributed by atoms with Gasteiger partial charge in [-0.3, -0.25) is 4.79 Å². The number of aromatic amines is 1. The molecular formula is C23H20N2O. The first kappa shape index (κ1) is 16.2. The number of pyridine rings is 1. The Hall–Kier alpha value is -3.33. The van der Waals surface area contributed by atoms with Gasteiger partial charge in [0, 0.05) is 22.2 Å². The topological polar surface area (TPSA) is 58.9 Å². The molecule has 0 saturated carbocycles. The summed E-state index contributed by atoms with van der Waals surface area (Å²) in [5.41, 5.74) is 10.9. The number of hydrogen-bond donors (Lipinski definition) is 2. The fourth-order valence-corrected chi connectivity index (χ4v) is 3.25. The van der Waals surface area contributed by atoms with Gasteiger partial charge in [0.1, 0.15) is 0 Å². The van der Waals surface area contributed by atoms with Gasteiger partial charge in [0.25, 0.3) is 5.56 Å². The molecule has 3 aromatic carbocycles. The molecule has 3 heteroatoms. The summed E-state index contributed by atoms with van der Waals surface area (Å²) in [5.74, 6) is 0. The van der Waals surface area contributed by atoms with Gasteiger partial charge in [-0.1, -0.05) is 60.7 Å². The lowest BCUT2D eigenvalue weighted by Crippen LogP contribution is -2.08. The third-order valence-corrected chi connectivity index (χ3v) is 4.73. The predicted octanol–water partition coefficient (Wildman–Crippen LogP) is 4.56. The van der Waals surface area contributed by atoms with E-state index in [9.17, 15) is 4.79 Å². The van der Waals surface area contributed by atoms with Gasteiger partial charge >= 0.3 is 0 Å². The fourth-order valence-electron chi connectivity index (χ4n) is 3.25. The lowest BCUT2D eigenvalue weighted by Gasteiger charge is -2.07. The van der Waals surface area contributed by atoms with Crippen LogP contribution < -0.4 is 11.3 Å². The molecule has 0 spiro atoms. The second-order valence-corrected chi connectivity index (χ2v) is 6.50. The first-order chi connectivity index (χ1) is 12.7. The van der Waals surface area contributed by atoms with E-state index in [1.54, 1.807) is 12.1 Å². The highest BCUT2D eigenvalue weighted by Gasteiger charge is 2.06. The Morgan fingerprint density at radius 1 is 0.731 bits per heavy atom. The maximum absolute atomic E-state index is 12.3. The van der Waals surface area contributed by atoms with Crippen LogP contribution in [0.15, 0.2) is 83.7 Å². The lowest BCUT2D eigenvalue weighted by molar-refractivity contribution is 0.960. The van der Waals surface area contributed by atoms with Crippen molar-refractivity contribution in [1.29, 1.82) is 0 Å². The van der Waals surface area contributed by atoms with Gasteiger partial charge in [-0.05, 0) is 47.7 Å². The van der Waals surface area contributed by atoms with Crippen LogP contribution in [0.1, 0.15) is 11.1 Å². The van der Waals surface area contributed by atoms with E-state index in [2.05, 4.69) is 53.5 Å². The highest BCUT2D eigenvalue weighted by molar-refractivity contribution is 5.94. The molecular weight excluding hydrogens is 320 g/mol. The molecule has 0 aliphatic rings. The smallest absolute Gasteiger partial charge is 0.256 e. The number of nitrogens with two attached hydrogens (primary N) is 1. The summed E-state index contributed by atoms with van der Waals surface area (Å²) in [6.07, 6.45) is 2.01. The zero-order valence-corrected chi connectivity index (χ0v) is 14.4. The molecule has 26 heavy (non-hydrogen) atoms. The first-order valence-corrected chi connectivity index (χ1v) is 8.75. The number of aromatic nitrogens is 1. The SMILES string of the molecule is Nc1cccc2c(=O)[nH]c(-c3ccc(CCc4ccccc4)cc3)cc12. The summed E-state index contributed by atoms with van der Waals surface area (Å²) in [5, 5.41) is 1.41. The summed E-state index contributed by atoms with van der Waals surface area (Å²) < 4.78 is 0. The van der Waals surface area contributed by atoms with Crippen molar-refractivity contribution in [2.45, 2.75) is 12.8 Å². The largest absolute Gasteiger partial charge is 0.398 e. The van der Waals surface area contributed by atoms with Gasteiger partial charge in [0.15, 0.2) is 0 Å². The Labute approximate surface area is 152 Å². The van der Waals surface area contributed by atoms with Gasteiger partial charge in [0.05, 0.1) is 0 Å². The Morgan fingerprint density at radius 3 is 2.15 bits per heavy atom. The number of benzene rings is 3. The average Bonchev–Trinajstić information content (AvgIpc) is 2.68. The van der Waals surface area contributed by atoms with E-state index < -0.39 is 0 Å². The van der Waals surface area contributed by atoms with Crippen molar-refractivity contribution in [3.05, 3.63) is 100 Å². The van der Waals surface area contributed by atoms with Gasteiger partial charge in [-0.25, -0.2) is 0 Å². The van der Waals surface area contributed by atoms with Crippen molar-refractivity contribution < 1.29 is 0 Å². The Bertz CT molecular complexity index is 1100. The van der Waals surface area contributed by atoms with Gasteiger partial charge in [0.2, 0.25) is 0 Å². The number of aryl methyl sites for hydroxylation is 2. The molecule has 128 valence electrons. The molecule has 0 amide bonds. The van der Waals surface area contributed by atoms with Gasteiger partial charge in [-0.15, -0.1) is 0 Å². The van der Waals surface area contributed by atoms with E-state index >= 15 is 0 Å². The van der Waals surface area contributed by atoms with E-state index in [0.29, 0.717) is 11.1 Å². The molecule has 1 heterocycles. The molecule has 0 aliphatic heterocycles. The van der Waals surface area contributed by atoms with E-state index in [1.165, 1.54) is 11.1 Å². The molecule has 0 aliphatic carbocycles. The van der Waals surface area contributed by atoms with E-state index in [1.807, 2.05) is 18.2 Å². The van der Waals surface area contributed by atoms with Crippen LogP contribution in [0.4, 0.5) is 5.69 Å². The van der Waals surface area contributed by atoms with Crippen molar-refractivity contribution in [3.8, 4) is 11.3 Å². The number of rotatable bonds is 4. The van der Waals surface area contributed by atoms with Crippen molar-refractivity contribution in [2.24, 2.45) is 0 Å². The van der Waals surface area contributed by atoms with Crippen LogP contribution in [0.25, 0.3) is 22.0 Å². The number of nitrogens with one attached hydrogen (secondary N) is 1. The molecule has 0 unspecified atom stereocenters. The standard InChI is InChI=1S/C23H20N2O/c24-21-8-4-7-19-20(21)15-22(25-23(19)26)18-13-11-17(12-14-18)10-9-16-5-2-1-3-6-16/h1-8,11-15H,9-10,24H2,(H,25,26). The molecule has 4 rings (SSSR count). The second-order valence-electron chi connectivity index (χ2n) is 6.50. The minimum absolute atomic E-state index is 0.113. The van der Waals surface area contributed by atoms with Crippen LogP contribution in [0.3, 0.4) is 0 Å². The van der Waals surface area contributed by atoms with Crippen molar-refractivity contribution in [1.82, 2.24) is 4.98 Å². The highest BCUT2D eigenvalue weighted by atomic mass is 16.1. The van der Waals surface area contributed by atoms with Crippen molar-refractivity contribution in [3.63, 3.8) is 0 Å². The van der Waals surface area contributed by atoms with Gasteiger partial charge < -0.3 is 10.7 Å². The van der Waals surface area contributed by atoms with Crippen LogP contribution in [0, 0.1) is 0 Å². The van der Waals surface area contributed by atoms with Crippen LogP contribution in [-0.4, -0.2) is 4.98 Å². The predicted molar refractivity (Wildman–Crippen MR) is 108 cm³/mol. The average molecular weight is 340 g/mol. The zero-order valence-electron chi connectivity index (χ0n) is 14.4. The molecule has 0 fully saturated rings. The quantitative estimate of drug-likeness (QED) is 0.535. The normalized spacial score (nSPS) is 10.9. The lowest BCUT2D eigenvalue weighted by atomic mass is 10.0. The summed E-state index contributed by atoms with van der Waals surface area (Å²) in [6, 6.07) is 26.2. The molecule has 0 atom stereocenters. The number of hydrogen-bond acceptors (Lipinski definition) is 2. The summed E-state index contributed by atoms with van der Waals surface area (Å²) in [6.45, 7) is 0. The molecule has 0 saturated heterocycles. The zero-order chi connectivity index (χ0) is 17.9. The second kappa shape index (κ2) is 6.89. The van der Waals surface area contributed by atoms with E-state index in [0.717, 1.165) is 29.5 Å². The summed E-state index contributed by atoms with van der Waals surface area (Å²) in [7, 11) is 0. The molecule has 4 aromatic rings. The van der Waals surface area contributed by atoms with Crippen LogP contribution >= 0.6 is 0 Å². The molecule has 0 bridgehead atoms. The monoisotopic (exact) mass is 340 g/mol. The number of anilines is 1. The maximum atomic E-state index is 12.3. The van der Waals surface area contributed by atoms with Gasteiger partial charge in [-0.2, -0.15) is 0 Å². The third-order valence-electron chi connectivity index (χ3n) is 4.73. The summed E-state index contributed by atoms with van der Waals surface area (Å²) in [4.78, 5) is 15.3. The van der Waals surface area contributed by atoms with Crippen LogP contribution in [0.2, 0.25) is 0 Å². The summed E-state index contributed by atoms with van der Waals surface area (Å²) >= 11 is 0.